The fourth-order valence-corrected chi connectivity index (χ4v) is 4.83. The smallest absolute Gasteiger partial charge is 0.244 e. The van der Waals surface area contributed by atoms with Gasteiger partial charge in [0, 0.05) is 24.7 Å². The second-order valence-corrected chi connectivity index (χ2v) is 8.54. The zero-order chi connectivity index (χ0) is 20.1. The van der Waals surface area contributed by atoms with Gasteiger partial charge in [-0.25, -0.2) is 13.4 Å². The van der Waals surface area contributed by atoms with Crippen LogP contribution in [-0.4, -0.2) is 42.2 Å². The van der Waals surface area contributed by atoms with Gasteiger partial charge in [-0.05, 0) is 44.0 Å². The van der Waals surface area contributed by atoms with E-state index in [-0.39, 0.29) is 22.9 Å². The summed E-state index contributed by atoms with van der Waals surface area (Å²) >= 11 is 0. The maximum atomic E-state index is 13.0. The predicted octanol–water partition coefficient (Wildman–Crippen LogP) is 2.72. The van der Waals surface area contributed by atoms with Crippen molar-refractivity contribution >= 4 is 15.9 Å². The van der Waals surface area contributed by atoms with E-state index in [1.165, 1.54) is 22.6 Å². The molecular formula is C20H23N3O4S. The topological polar surface area (TPSA) is 88.6 Å². The van der Waals surface area contributed by atoms with E-state index in [1.54, 1.807) is 18.2 Å². The second-order valence-electron chi connectivity index (χ2n) is 6.65. The summed E-state index contributed by atoms with van der Waals surface area (Å²) in [5.74, 6) is 0.707. The lowest BCUT2D eigenvalue weighted by atomic mass is 10.0. The molecule has 1 aliphatic heterocycles. The molecule has 2 atom stereocenters. The van der Waals surface area contributed by atoms with E-state index in [9.17, 15) is 13.2 Å². The van der Waals surface area contributed by atoms with Crippen LogP contribution in [0.15, 0.2) is 66.2 Å². The van der Waals surface area contributed by atoms with Crippen molar-refractivity contribution < 1.29 is 17.9 Å². The first kappa shape index (κ1) is 20.0. The van der Waals surface area contributed by atoms with Gasteiger partial charge in [-0.3, -0.25) is 4.79 Å². The molecule has 7 nitrogen and oxygen atoms in total. The minimum absolute atomic E-state index is 0.0632. The summed E-state index contributed by atoms with van der Waals surface area (Å²) in [7, 11) is -3.68. The number of hydrogen-bond acceptors (Lipinski definition) is 5. The van der Waals surface area contributed by atoms with Gasteiger partial charge >= 0.3 is 0 Å². The summed E-state index contributed by atoms with van der Waals surface area (Å²) < 4.78 is 33.1. The van der Waals surface area contributed by atoms with Gasteiger partial charge in [-0.2, -0.15) is 4.31 Å². The van der Waals surface area contributed by atoms with Gasteiger partial charge in [0.05, 0.1) is 6.20 Å². The first-order valence-corrected chi connectivity index (χ1v) is 10.5. The Morgan fingerprint density at radius 1 is 1.29 bits per heavy atom. The Morgan fingerprint density at radius 2 is 2.04 bits per heavy atom. The first-order chi connectivity index (χ1) is 13.4. The summed E-state index contributed by atoms with van der Waals surface area (Å²) in [5, 5.41) is 2.83. The van der Waals surface area contributed by atoms with Crippen LogP contribution >= 0.6 is 0 Å². The lowest BCUT2D eigenvalue weighted by Gasteiger charge is -2.36. The number of pyridine rings is 1. The van der Waals surface area contributed by atoms with Crippen molar-refractivity contribution in [2.24, 2.45) is 0 Å². The quantitative estimate of drug-likeness (QED) is 0.752. The number of sulfonamides is 1. The highest BCUT2D eigenvalue weighted by Crippen LogP contribution is 2.26. The average Bonchev–Trinajstić information content (AvgIpc) is 2.69. The lowest BCUT2D eigenvalue weighted by molar-refractivity contribution is -0.117. The number of rotatable bonds is 6. The molecule has 0 aliphatic carbocycles. The Balaban J connectivity index is 1.69. The van der Waals surface area contributed by atoms with Crippen molar-refractivity contribution in [3.63, 3.8) is 0 Å². The van der Waals surface area contributed by atoms with Crippen molar-refractivity contribution in [2.45, 2.75) is 36.7 Å². The standard InChI is InChI=1S/C20H23N3O4S/c1-3-19(24)22-16-11-12-23(15(2)13-16)28(25,26)18-9-10-20(21-14-18)27-17-7-5-4-6-8-17/h3-10,14-16H,1,11-13H2,2H3,(H,22,24). The number of carbonyl (C=O) groups is 1. The third kappa shape index (κ3) is 4.58. The number of para-hydroxylation sites is 1. The fourth-order valence-electron chi connectivity index (χ4n) is 3.22. The van der Waals surface area contributed by atoms with E-state index in [2.05, 4.69) is 16.9 Å². The monoisotopic (exact) mass is 401 g/mol. The van der Waals surface area contributed by atoms with E-state index >= 15 is 0 Å². The normalized spacial score (nSPS) is 20.3. The molecule has 8 heteroatoms. The maximum Gasteiger partial charge on any atom is 0.244 e. The number of carbonyl (C=O) groups excluding carboxylic acids is 1. The average molecular weight is 401 g/mol. The van der Waals surface area contributed by atoms with Crippen molar-refractivity contribution in [1.82, 2.24) is 14.6 Å². The highest BCUT2D eigenvalue weighted by Gasteiger charge is 2.35. The number of amides is 1. The fraction of sp³-hybridized carbons (Fsp3) is 0.300. The minimum Gasteiger partial charge on any atom is -0.439 e. The third-order valence-corrected chi connectivity index (χ3v) is 6.63. The van der Waals surface area contributed by atoms with Crippen LogP contribution in [0.4, 0.5) is 0 Å². The SMILES string of the molecule is C=CC(=O)NC1CCN(S(=O)(=O)c2ccc(Oc3ccccc3)nc2)C(C)C1. The number of benzene rings is 1. The molecule has 0 bridgehead atoms. The molecule has 1 amide bonds. The molecule has 148 valence electrons. The number of piperidine rings is 1. The molecule has 3 rings (SSSR count). The van der Waals surface area contributed by atoms with Crippen LogP contribution in [0.25, 0.3) is 0 Å². The van der Waals surface area contributed by atoms with E-state index < -0.39 is 10.0 Å². The Labute approximate surface area is 165 Å². The van der Waals surface area contributed by atoms with Crippen LogP contribution in [0.2, 0.25) is 0 Å². The van der Waals surface area contributed by atoms with Crippen LogP contribution in [0, 0.1) is 0 Å². The van der Waals surface area contributed by atoms with Crippen molar-refractivity contribution in [3.05, 3.63) is 61.3 Å². The van der Waals surface area contributed by atoms with E-state index in [1.807, 2.05) is 25.1 Å². The molecule has 0 saturated carbocycles. The molecule has 1 saturated heterocycles. The van der Waals surface area contributed by atoms with E-state index in [0.29, 0.717) is 31.0 Å². The van der Waals surface area contributed by atoms with Gasteiger partial charge in [0.15, 0.2) is 0 Å². The van der Waals surface area contributed by atoms with Gasteiger partial charge in [0.1, 0.15) is 10.6 Å². The van der Waals surface area contributed by atoms with Crippen LogP contribution in [0.3, 0.4) is 0 Å². The molecule has 1 N–H and O–H groups in total. The van der Waals surface area contributed by atoms with Crippen molar-refractivity contribution in [2.75, 3.05) is 6.54 Å². The Bertz CT molecular complexity index is 930. The van der Waals surface area contributed by atoms with Crippen molar-refractivity contribution in [1.29, 1.82) is 0 Å². The van der Waals surface area contributed by atoms with E-state index in [4.69, 9.17) is 4.74 Å². The highest BCUT2D eigenvalue weighted by atomic mass is 32.2. The summed E-state index contributed by atoms with van der Waals surface area (Å²) in [4.78, 5) is 15.7. The number of ether oxygens (including phenoxy) is 1. The molecule has 1 fully saturated rings. The highest BCUT2D eigenvalue weighted by molar-refractivity contribution is 7.89. The molecule has 2 unspecified atom stereocenters. The molecule has 2 aromatic rings. The Morgan fingerprint density at radius 3 is 2.64 bits per heavy atom. The Kier molecular flexibility index (Phi) is 6.11. The van der Waals surface area contributed by atoms with Crippen LogP contribution in [0.1, 0.15) is 19.8 Å². The van der Waals surface area contributed by atoms with E-state index in [0.717, 1.165) is 0 Å². The number of aromatic nitrogens is 1. The molecule has 0 radical (unpaired) electrons. The third-order valence-electron chi connectivity index (χ3n) is 4.63. The Hall–Kier alpha value is -2.71. The largest absolute Gasteiger partial charge is 0.439 e. The van der Waals surface area contributed by atoms with Crippen LogP contribution in [0.5, 0.6) is 11.6 Å². The molecule has 0 spiro atoms. The number of nitrogens with one attached hydrogen (secondary N) is 1. The lowest BCUT2D eigenvalue weighted by Crippen LogP contribution is -2.50. The second kappa shape index (κ2) is 8.53. The van der Waals surface area contributed by atoms with Crippen LogP contribution in [-0.2, 0) is 14.8 Å². The number of nitrogens with zero attached hydrogens (tertiary/aromatic N) is 2. The van der Waals surface area contributed by atoms with Gasteiger partial charge in [0.25, 0.3) is 0 Å². The minimum atomic E-state index is -3.68. The summed E-state index contributed by atoms with van der Waals surface area (Å²) in [6, 6.07) is 11.9. The molecule has 2 heterocycles. The number of hydrogen-bond donors (Lipinski definition) is 1. The molecule has 1 aromatic heterocycles. The van der Waals surface area contributed by atoms with Gasteiger partial charge in [-0.15, -0.1) is 0 Å². The van der Waals surface area contributed by atoms with Gasteiger partial charge < -0.3 is 10.1 Å². The zero-order valence-electron chi connectivity index (χ0n) is 15.6. The first-order valence-electron chi connectivity index (χ1n) is 9.04. The van der Waals surface area contributed by atoms with Gasteiger partial charge in [0.2, 0.25) is 21.8 Å². The summed E-state index contributed by atoms with van der Waals surface area (Å²) in [6.07, 6.45) is 3.62. The predicted molar refractivity (Wildman–Crippen MR) is 105 cm³/mol. The summed E-state index contributed by atoms with van der Waals surface area (Å²) in [6.45, 7) is 5.60. The van der Waals surface area contributed by atoms with Crippen molar-refractivity contribution in [3.8, 4) is 11.6 Å². The molecular weight excluding hydrogens is 378 g/mol. The van der Waals surface area contributed by atoms with Crippen LogP contribution < -0.4 is 10.1 Å². The maximum absolute atomic E-state index is 13.0. The van der Waals surface area contributed by atoms with Gasteiger partial charge in [-0.1, -0.05) is 24.8 Å². The summed E-state index contributed by atoms with van der Waals surface area (Å²) in [5.41, 5.74) is 0. The zero-order valence-corrected chi connectivity index (χ0v) is 16.4. The molecule has 28 heavy (non-hydrogen) atoms. The molecule has 1 aromatic carbocycles. The molecule has 1 aliphatic rings.